The first-order valence-electron chi connectivity index (χ1n) is 21.3. The molecule has 324 valence electrons. The number of hydrogen-bond donors (Lipinski definition) is 4. The quantitative estimate of drug-likeness (QED) is 0.119. The van der Waals surface area contributed by atoms with E-state index in [0.717, 1.165) is 90.1 Å². The van der Waals surface area contributed by atoms with Crippen LogP contribution in [0, 0.1) is 11.6 Å². The van der Waals surface area contributed by atoms with Crippen LogP contribution in [-0.4, -0.2) is 52.1 Å². The van der Waals surface area contributed by atoms with Crippen LogP contribution in [0.25, 0.3) is 99.3 Å². The van der Waals surface area contributed by atoms with Gasteiger partial charge in [-0.15, -0.1) is 0 Å². The highest BCUT2D eigenvalue weighted by Crippen LogP contribution is 2.37. The number of benzene rings is 6. The van der Waals surface area contributed by atoms with E-state index in [-0.39, 0.29) is 11.6 Å². The summed E-state index contributed by atoms with van der Waals surface area (Å²) in [5.74, 6) is -0.640. The Balaban J connectivity index is 0.000000146. The summed E-state index contributed by atoms with van der Waals surface area (Å²) in [7, 11) is 0. The molecule has 6 aromatic carbocycles. The second-order valence-corrected chi connectivity index (χ2v) is 16.9. The Morgan fingerprint density at radius 1 is 0.500 bits per heavy atom. The first kappa shape index (κ1) is 41.2. The van der Waals surface area contributed by atoms with E-state index < -0.39 is 0 Å². The van der Waals surface area contributed by atoms with Gasteiger partial charge in [-0.25, -0.2) is 18.7 Å². The molecule has 12 aromatic rings. The summed E-state index contributed by atoms with van der Waals surface area (Å²) >= 11 is 13.3. The predicted octanol–water partition coefficient (Wildman–Crippen LogP) is 12.0. The number of halogens is 4. The monoisotopic (exact) mass is 910 g/mol. The van der Waals surface area contributed by atoms with Crippen LogP contribution in [0.5, 0.6) is 0 Å². The Morgan fingerprint density at radius 2 is 0.955 bits per heavy atom. The smallest absolute Gasteiger partial charge is 0.133 e. The van der Waals surface area contributed by atoms with Crippen molar-refractivity contribution in [2.45, 2.75) is 12.8 Å². The van der Waals surface area contributed by atoms with Gasteiger partial charge < -0.3 is 21.4 Å². The first-order valence-corrected chi connectivity index (χ1v) is 22.0. The predicted molar refractivity (Wildman–Crippen MR) is 263 cm³/mol. The molecule has 0 atom stereocenters. The number of imidazole rings is 2. The topological polar surface area (TPSA) is 145 Å². The number of nitrogens with one attached hydrogen (secondary N) is 2. The van der Waals surface area contributed by atoms with Gasteiger partial charge in [0, 0.05) is 57.5 Å². The summed E-state index contributed by atoms with van der Waals surface area (Å²) in [6.07, 6.45) is 12.0. The van der Waals surface area contributed by atoms with E-state index >= 15 is 8.78 Å². The van der Waals surface area contributed by atoms with Crippen molar-refractivity contribution in [3.63, 3.8) is 0 Å². The van der Waals surface area contributed by atoms with Crippen molar-refractivity contribution in [1.29, 1.82) is 0 Å². The second kappa shape index (κ2) is 16.8. The molecular formula is C52H38Cl2F2N10. The Morgan fingerprint density at radius 3 is 1.38 bits per heavy atom. The van der Waals surface area contributed by atoms with Gasteiger partial charge in [0.25, 0.3) is 0 Å². The molecule has 0 saturated carbocycles. The maximum Gasteiger partial charge on any atom is 0.133 e. The summed E-state index contributed by atoms with van der Waals surface area (Å²) in [5, 5.41) is 4.86. The molecule has 6 heterocycles. The third-order valence-corrected chi connectivity index (χ3v) is 12.7. The molecule has 10 nitrogen and oxygen atoms in total. The molecule has 0 unspecified atom stereocenters. The zero-order valence-electron chi connectivity index (χ0n) is 35.0. The molecule has 12 rings (SSSR count). The van der Waals surface area contributed by atoms with Crippen molar-refractivity contribution >= 4 is 88.9 Å². The van der Waals surface area contributed by atoms with Crippen LogP contribution in [0.1, 0.15) is 11.1 Å². The van der Waals surface area contributed by atoms with E-state index in [1.165, 1.54) is 12.1 Å². The van der Waals surface area contributed by atoms with Crippen LogP contribution in [-0.2, 0) is 12.8 Å². The van der Waals surface area contributed by atoms with E-state index in [2.05, 4.69) is 29.9 Å². The summed E-state index contributed by atoms with van der Waals surface area (Å²) in [4.78, 5) is 24.3. The van der Waals surface area contributed by atoms with E-state index in [9.17, 15) is 0 Å². The number of nitrogens with zero attached hydrogens (tertiary/aromatic N) is 6. The molecule has 6 N–H and O–H groups in total. The van der Waals surface area contributed by atoms with Crippen LogP contribution >= 0.6 is 23.2 Å². The fourth-order valence-electron chi connectivity index (χ4n) is 8.81. The van der Waals surface area contributed by atoms with Crippen molar-refractivity contribution in [3.8, 4) is 33.6 Å². The largest absolute Gasteiger partial charge is 0.361 e. The van der Waals surface area contributed by atoms with E-state index in [1.807, 2.05) is 119 Å². The van der Waals surface area contributed by atoms with Gasteiger partial charge in [0.2, 0.25) is 0 Å². The number of aromatic nitrogens is 8. The highest BCUT2D eigenvalue weighted by Gasteiger charge is 2.18. The van der Waals surface area contributed by atoms with Crippen molar-refractivity contribution < 1.29 is 8.78 Å². The Hall–Kier alpha value is -7.48. The molecule has 0 aliphatic rings. The molecule has 6 aromatic heterocycles. The average molecular weight is 912 g/mol. The molecule has 0 amide bonds. The summed E-state index contributed by atoms with van der Waals surface area (Å²) in [5.41, 5.74) is 24.0. The van der Waals surface area contributed by atoms with Gasteiger partial charge in [-0.2, -0.15) is 0 Å². The molecule has 0 spiro atoms. The lowest BCUT2D eigenvalue weighted by Gasteiger charge is -2.12. The van der Waals surface area contributed by atoms with Gasteiger partial charge >= 0.3 is 0 Å². The molecule has 0 saturated heterocycles. The van der Waals surface area contributed by atoms with Crippen molar-refractivity contribution in [2.24, 2.45) is 11.5 Å². The van der Waals surface area contributed by atoms with Crippen LogP contribution in [0.3, 0.4) is 0 Å². The van der Waals surface area contributed by atoms with Crippen LogP contribution in [0.2, 0.25) is 10.0 Å². The second-order valence-electron chi connectivity index (χ2n) is 16.1. The number of pyridine rings is 2. The maximum absolute atomic E-state index is 15.2. The molecule has 14 heteroatoms. The normalized spacial score (nSPS) is 11.7. The van der Waals surface area contributed by atoms with E-state index in [1.54, 1.807) is 25.0 Å². The molecule has 0 radical (unpaired) electrons. The molecule has 0 bridgehead atoms. The maximum atomic E-state index is 15.2. The zero-order chi connectivity index (χ0) is 45.1. The van der Waals surface area contributed by atoms with Gasteiger partial charge in [0.1, 0.15) is 35.3 Å². The summed E-state index contributed by atoms with van der Waals surface area (Å²) in [6.45, 7) is 1.12. The van der Waals surface area contributed by atoms with Gasteiger partial charge in [-0.1, -0.05) is 47.5 Å². The lowest BCUT2D eigenvalue weighted by Crippen LogP contribution is -2.03. The number of fused-ring (bicyclic) bond motifs is 8. The molecule has 0 aliphatic heterocycles. The number of hydrogen-bond acceptors (Lipinski definition) is 6. The Labute approximate surface area is 385 Å². The zero-order valence-corrected chi connectivity index (χ0v) is 36.5. The summed E-state index contributed by atoms with van der Waals surface area (Å²) in [6, 6.07) is 34.1. The van der Waals surface area contributed by atoms with Gasteiger partial charge in [0.05, 0.1) is 55.9 Å². The lowest BCUT2D eigenvalue weighted by atomic mass is 10.0. The fraction of sp³-hybridized carbons (Fsp3) is 0.0769. The van der Waals surface area contributed by atoms with Crippen LogP contribution in [0.4, 0.5) is 8.78 Å². The average Bonchev–Trinajstić information content (AvgIpc) is 4.16. The van der Waals surface area contributed by atoms with Gasteiger partial charge in [-0.3, -0.25) is 19.1 Å². The fourth-order valence-corrected chi connectivity index (χ4v) is 9.40. The van der Waals surface area contributed by atoms with Crippen molar-refractivity contribution in [3.05, 3.63) is 179 Å². The first-order chi connectivity index (χ1) is 32.2. The minimum Gasteiger partial charge on any atom is -0.361 e. The van der Waals surface area contributed by atoms with Crippen molar-refractivity contribution in [1.82, 2.24) is 39.0 Å². The molecule has 66 heavy (non-hydrogen) atoms. The van der Waals surface area contributed by atoms with E-state index in [0.29, 0.717) is 56.3 Å². The number of H-pyrrole nitrogens is 2. The number of rotatable bonds is 8. The number of nitrogens with two attached hydrogens (primary N) is 2. The molecule has 0 fully saturated rings. The number of aromatic amines is 2. The Bertz CT molecular complexity index is 3580. The lowest BCUT2D eigenvalue weighted by molar-refractivity contribution is 0.632. The van der Waals surface area contributed by atoms with Gasteiger partial charge in [-0.05, 0) is 132 Å². The third kappa shape index (κ3) is 7.30. The van der Waals surface area contributed by atoms with Crippen LogP contribution in [0.15, 0.2) is 147 Å². The SMILES string of the molecule is NCCc1ccc(-n2cnc3cnc4cc(F)c(-c5ccc6[nH]ccc6c5)cc4c32)c(Cl)c1.NCCc1ccc(-n2cnc3cnc4cc(F)c(-c5ccc6[nH]ccc6c5)cc4c32)c(Cl)c1. The molecule has 0 aliphatic carbocycles. The highest BCUT2D eigenvalue weighted by atomic mass is 35.5. The summed E-state index contributed by atoms with van der Waals surface area (Å²) < 4.78 is 34.2. The standard InChI is InChI=1S/2C26H19ClFN5/c2*27-20-9-15(5-7-29)1-4-25(20)33-14-32-24-13-31-23-12-21(28)18(11-19(23)26(24)33)16-2-3-22-17(10-16)6-8-30-22/h2*1-4,6,8-14,30H,5,7,29H2. The van der Waals surface area contributed by atoms with Gasteiger partial charge in [0.15, 0.2) is 0 Å². The highest BCUT2D eigenvalue weighted by molar-refractivity contribution is 6.33. The van der Waals surface area contributed by atoms with E-state index in [4.69, 9.17) is 34.7 Å². The van der Waals surface area contributed by atoms with Crippen LogP contribution < -0.4 is 11.5 Å². The minimum absolute atomic E-state index is 0.320. The minimum atomic E-state index is -0.320. The van der Waals surface area contributed by atoms with Crippen molar-refractivity contribution in [2.75, 3.05) is 13.1 Å². The molecular weight excluding hydrogens is 874 g/mol. The third-order valence-electron chi connectivity index (χ3n) is 12.1. The Kier molecular flexibility index (Phi) is 10.5.